The van der Waals surface area contributed by atoms with Gasteiger partial charge >= 0.3 is 0 Å². The Hall–Kier alpha value is -1.00. The van der Waals surface area contributed by atoms with E-state index in [2.05, 4.69) is 36.3 Å². The summed E-state index contributed by atoms with van der Waals surface area (Å²) in [5.41, 5.74) is 4.85. The molecule has 2 N–H and O–H groups in total. The quantitative estimate of drug-likeness (QED) is 0.872. The molecule has 1 aliphatic rings. The van der Waals surface area contributed by atoms with Crippen molar-refractivity contribution in [2.45, 2.75) is 26.3 Å². The van der Waals surface area contributed by atoms with Crippen molar-refractivity contribution in [1.82, 2.24) is 15.3 Å². The summed E-state index contributed by atoms with van der Waals surface area (Å²) in [4.78, 5) is 8.21. The molecule has 1 atom stereocenters. The maximum absolute atomic E-state index is 4.74. The molecule has 1 aromatic carbocycles. The van der Waals surface area contributed by atoms with Gasteiger partial charge in [0.1, 0.15) is 5.82 Å². The van der Waals surface area contributed by atoms with Crippen molar-refractivity contribution in [3.05, 3.63) is 29.1 Å². The standard InChI is InChI=1S/C14H19N3S/c1-9-5-10(2)14-12(6-9)16-13(17-14)7-11-8-18-4-3-15-11/h5-6,11,15H,3-4,7-8H2,1-2H3,(H,16,17). The predicted octanol–water partition coefficient (Wildman–Crippen LogP) is 2.43. The second-order valence-electron chi connectivity index (χ2n) is 5.09. The van der Waals surface area contributed by atoms with E-state index < -0.39 is 0 Å². The van der Waals surface area contributed by atoms with E-state index in [0.29, 0.717) is 6.04 Å². The summed E-state index contributed by atoms with van der Waals surface area (Å²) in [7, 11) is 0. The lowest BCUT2D eigenvalue weighted by molar-refractivity contribution is 0.553. The van der Waals surface area contributed by atoms with E-state index in [-0.39, 0.29) is 0 Å². The molecular formula is C14H19N3S. The molecule has 0 spiro atoms. The highest BCUT2D eigenvalue weighted by atomic mass is 32.2. The van der Waals surface area contributed by atoms with E-state index in [1.165, 1.54) is 28.1 Å². The number of nitrogens with one attached hydrogen (secondary N) is 2. The molecule has 18 heavy (non-hydrogen) atoms. The van der Waals surface area contributed by atoms with Gasteiger partial charge in [0, 0.05) is 30.5 Å². The summed E-state index contributed by atoms with van der Waals surface area (Å²) in [6, 6.07) is 4.94. The number of fused-ring (bicyclic) bond motifs is 1. The van der Waals surface area contributed by atoms with Crippen molar-refractivity contribution in [3.8, 4) is 0 Å². The van der Waals surface area contributed by atoms with Crippen LogP contribution in [0.25, 0.3) is 11.0 Å². The van der Waals surface area contributed by atoms with Crippen LogP contribution in [0.3, 0.4) is 0 Å². The molecular weight excluding hydrogens is 242 g/mol. The molecule has 3 rings (SSSR count). The molecule has 4 heteroatoms. The van der Waals surface area contributed by atoms with Gasteiger partial charge in [-0.15, -0.1) is 0 Å². The van der Waals surface area contributed by atoms with Crippen molar-refractivity contribution in [3.63, 3.8) is 0 Å². The molecule has 0 amide bonds. The van der Waals surface area contributed by atoms with Crippen LogP contribution in [-0.4, -0.2) is 34.1 Å². The molecule has 1 saturated heterocycles. The topological polar surface area (TPSA) is 40.7 Å². The minimum atomic E-state index is 0.561. The van der Waals surface area contributed by atoms with Crippen LogP contribution in [-0.2, 0) is 6.42 Å². The van der Waals surface area contributed by atoms with Gasteiger partial charge in [0.25, 0.3) is 0 Å². The van der Waals surface area contributed by atoms with Gasteiger partial charge in [-0.2, -0.15) is 11.8 Å². The van der Waals surface area contributed by atoms with Crippen molar-refractivity contribution in [1.29, 1.82) is 0 Å². The van der Waals surface area contributed by atoms with Gasteiger partial charge < -0.3 is 10.3 Å². The van der Waals surface area contributed by atoms with Crippen molar-refractivity contribution >= 4 is 22.8 Å². The third-order valence-corrected chi connectivity index (χ3v) is 4.54. The predicted molar refractivity (Wildman–Crippen MR) is 78.4 cm³/mol. The molecule has 0 radical (unpaired) electrons. The van der Waals surface area contributed by atoms with Crippen LogP contribution >= 0.6 is 11.8 Å². The largest absolute Gasteiger partial charge is 0.342 e. The van der Waals surface area contributed by atoms with Crippen molar-refractivity contribution in [2.75, 3.05) is 18.1 Å². The minimum absolute atomic E-state index is 0.561. The number of thioether (sulfide) groups is 1. The number of nitrogens with zero attached hydrogens (tertiary/aromatic N) is 1. The highest BCUT2D eigenvalue weighted by Gasteiger charge is 2.15. The smallest absolute Gasteiger partial charge is 0.108 e. The SMILES string of the molecule is Cc1cc(C)c2nc(CC3CSCCN3)[nH]c2c1. The molecule has 2 aromatic rings. The Morgan fingerprint density at radius 2 is 2.28 bits per heavy atom. The Morgan fingerprint density at radius 1 is 1.39 bits per heavy atom. The van der Waals surface area contributed by atoms with E-state index in [0.717, 1.165) is 24.3 Å². The average molecular weight is 261 g/mol. The van der Waals surface area contributed by atoms with Gasteiger partial charge in [-0.3, -0.25) is 0 Å². The number of aromatic nitrogens is 2. The first kappa shape index (κ1) is 12.1. The van der Waals surface area contributed by atoms with E-state index >= 15 is 0 Å². The van der Waals surface area contributed by atoms with Crippen LogP contribution in [0.2, 0.25) is 0 Å². The second kappa shape index (κ2) is 4.94. The lowest BCUT2D eigenvalue weighted by Gasteiger charge is -2.21. The van der Waals surface area contributed by atoms with Crippen LogP contribution < -0.4 is 5.32 Å². The molecule has 96 valence electrons. The normalized spacial score (nSPS) is 20.4. The fourth-order valence-corrected chi connectivity index (χ4v) is 3.55. The molecule has 0 aliphatic carbocycles. The zero-order valence-corrected chi connectivity index (χ0v) is 11.7. The molecule has 1 fully saturated rings. The Kier molecular flexibility index (Phi) is 3.31. The van der Waals surface area contributed by atoms with Gasteiger partial charge in [0.05, 0.1) is 11.0 Å². The summed E-state index contributed by atoms with van der Waals surface area (Å²) in [5.74, 6) is 3.53. The first-order valence-corrected chi connectivity index (χ1v) is 7.65. The molecule has 0 bridgehead atoms. The number of aryl methyl sites for hydroxylation is 2. The monoisotopic (exact) mass is 261 g/mol. The summed E-state index contributed by atoms with van der Waals surface area (Å²) < 4.78 is 0. The van der Waals surface area contributed by atoms with Crippen molar-refractivity contribution in [2.24, 2.45) is 0 Å². The lowest BCUT2D eigenvalue weighted by atomic mass is 10.1. The molecule has 1 aliphatic heterocycles. The number of aromatic amines is 1. The van der Waals surface area contributed by atoms with E-state index in [1.807, 2.05) is 11.8 Å². The first-order chi connectivity index (χ1) is 8.72. The second-order valence-corrected chi connectivity index (χ2v) is 6.24. The Morgan fingerprint density at radius 3 is 3.06 bits per heavy atom. The Balaban J connectivity index is 1.86. The summed E-state index contributed by atoms with van der Waals surface area (Å²) in [6.07, 6.45) is 1.00. The van der Waals surface area contributed by atoms with Crippen LogP contribution in [0.4, 0.5) is 0 Å². The first-order valence-electron chi connectivity index (χ1n) is 6.49. The van der Waals surface area contributed by atoms with Crippen molar-refractivity contribution < 1.29 is 0 Å². The number of benzene rings is 1. The van der Waals surface area contributed by atoms with E-state index in [1.54, 1.807) is 0 Å². The number of imidazole rings is 1. The minimum Gasteiger partial charge on any atom is -0.342 e. The fraction of sp³-hybridized carbons (Fsp3) is 0.500. The Labute approximate surface area is 112 Å². The Bertz CT molecular complexity index is 555. The molecule has 1 unspecified atom stereocenters. The van der Waals surface area contributed by atoms with Crippen LogP contribution in [0, 0.1) is 13.8 Å². The van der Waals surface area contributed by atoms with Crippen LogP contribution in [0.5, 0.6) is 0 Å². The number of hydrogen-bond donors (Lipinski definition) is 2. The van der Waals surface area contributed by atoms with E-state index in [4.69, 9.17) is 4.98 Å². The van der Waals surface area contributed by atoms with Crippen LogP contribution in [0.1, 0.15) is 17.0 Å². The molecule has 3 nitrogen and oxygen atoms in total. The maximum Gasteiger partial charge on any atom is 0.108 e. The molecule has 0 saturated carbocycles. The third kappa shape index (κ3) is 2.40. The number of hydrogen-bond acceptors (Lipinski definition) is 3. The van der Waals surface area contributed by atoms with Crippen LogP contribution in [0.15, 0.2) is 12.1 Å². The lowest BCUT2D eigenvalue weighted by Crippen LogP contribution is -2.39. The van der Waals surface area contributed by atoms with Gasteiger partial charge in [-0.05, 0) is 31.0 Å². The highest BCUT2D eigenvalue weighted by Crippen LogP contribution is 2.19. The maximum atomic E-state index is 4.74. The fourth-order valence-electron chi connectivity index (χ4n) is 2.60. The average Bonchev–Trinajstić information content (AvgIpc) is 2.73. The number of H-pyrrole nitrogens is 1. The zero-order valence-electron chi connectivity index (χ0n) is 10.9. The molecule has 2 heterocycles. The third-order valence-electron chi connectivity index (χ3n) is 3.41. The van der Waals surface area contributed by atoms with Gasteiger partial charge in [0.2, 0.25) is 0 Å². The molecule has 1 aromatic heterocycles. The van der Waals surface area contributed by atoms with Gasteiger partial charge in [0.15, 0.2) is 0 Å². The zero-order chi connectivity index (χ0) is 12.5. The summed E-state index contributed by atoms with van der Waals surface area (Å²) >= 11 is 2.03. The number of rotatable bonds is 2. The van der Waals surface area contributed by atoms with E-state index in [9.17, 15) is 0 Å². The van der Waals surface area contributed by atoms with Gasteiger partial charge in [-0.25, -0.2) is 4.98 Å². The summed E-state index contributed by atoms with van der Waals surface area (Å²) in [5, 5.41) is 3.56. The summed E-state index contributed by atoms with van der Waals surface area (Å²) in [6.45, 7) is 5.38. The highest BCUT2D eigenvalue weighted by molar-refractivity contribution is 7.99. The van der Waals surface area contributed by atoms with Gasteiger partial charge in [-0.1, -0.05) is 6.07 Å².